The van der Waals surface area contributed by atoms with Crippen molar-refractivity contribution in [3.8, 4) is 5.75 Å². The number of carbonyl (C=O) groups excluding carboxylic acids is 1. The number of rotatable bonds is 5. The van der Waals surface area contributed by atoms with Crippen LogP contribution < -0.4 is 4.74 Å². The molecule has 0 unspecified atom stereocenters. The molecule has 0 spiro atoms. The van der Waals surface area contributed by atoms with Gasteiger partial charge in [-0.25, -0.2) is 0 Å². The van der Waals surface area contributed by atoms with Crippen LogP contribution in [0.3, 0.4) is 0 Å². The summed E-state index contributed by atoms with van der Waals surface area (Å²) in [6.07, 6.45) is 3.49. The van der Waals surface area contributed by atoms with Crippen LogP contribution in [0.5, 0.6) is 5.75 Å². The van der Waals surface area contributed by atoms with Crippen LogP contribution in [0.4, 0.5) is 0 Å². The quantitative estimate of drug-likeness (QED) is 0.913. The second-order valence-corrected chi connectivity index (χ2v) is 6.23. The van der Waals surface area contributed by atoms with Crippen molar-refractivity contribution in [3.63, 3.8) is 0 Å². The summed E-state index contributed by atoms with van der Waals surface area (Å²) in [5.41, 5.74) is 2.21. The Kier molecular flexibility index (Phi) is 5.11. The minimum atomic E-state index is -0.0495. The summed E-state index contributed by atoms with van der Waals surface area (Å²) >= 11 is 0. The van der Waals surface area contributed by atoms with Gasteiger partial charge in [0.1, 0.15) is 5.75 Å². The molecule has 126 valence electrons. The largest absolute Gasteiger partial charge is 0.484 e. The zero-order valence-corrected chi connectivity index (χ0v) is 13.8. The second-order valence-electron chi connectivity index (χ2n) is 6.23. The number of benzene rings is 1. The Labute approximate surface area is 141 Å². The molecular formula is C19H22N2O3. The number of likely N-dealkylation sites (tertiary alicyclic amines) is 1. The summed E-state index contributed by atoms with van der Waals surface area (Å²) in [5.74, 6) is 0.842. The van der Waals surface area contributed by atoms with Crippen molar-refractivity contribution in [1.29, 1.82) is 0 Å². The fourth-order valence-corrected chi connectivity index (χ4v) is 3.19. The van der Waals surface area contributed by atoms with Gasteiger partial charge in [-0.3, -0.25) is 9.78 Å². The number of nitrogens with zero attached hydrogens (tertiary/aromatic N) is 2. The molecule has 0 radical (unpaired) electrons. The minimum Gasteiger partial charge on any atom is -0.484 e. The molecule has 1 N–H and O–H groups in total. The van der Waals surface area contributed by atoms with Gasteiger partial charge in [-0.1, -0.05) is 12.1 Å². The number of aliphatic hydroxyl groups excluding tert-OH is 1. The molecule has 3 rings (SSSR count). The molecule has 1 fully saturated rings. The van der Waals surface area contributed by atoms with Crippen LogP contribution in [-0.2, 0) is 4.79 Å². The van der Waals surface area contributed by atoms with Crippen molar-refractivity contribution < 1.29 is 14.6 Å². The van der Waals surface area contributed by atoms with E-state index in [0.29, 0.717) is 18.8 Å². The van der Waals surface area contributed by atoms with Gasteiger partial charge < -0.3 is 14.7 Å². The van der Waals surface area contributed by atoms with Gasteiger partial charge in [-0.2, -0.15) is 0 Å². The normalized spacial score (nSPS) is 20.2. The van der Waals surface area contributed by atoms with E-state index >= 15 is 0 Å². The van der Waals surface area contributed by atoms with E-state index < -0.39 is 0 Å². The third-order valence-corrected chi connectivity index (χ3v) is 4.51. The number of aryl methyl sites for hydroxylation is 1. The Morgan fingerprint density at radius 1 is 1.29 bits per heavy atom. The van der Waals surface area contributed by atoms with Crippen molar-refractivity contribution in [2.75, 3.05) is 26.3 Å². The molecule has 1 saturated heterocycles. The molecule has 0 aliphatic carbocycles. The average molecular weight is 326 g/mol. The standard InChI is InChI=1S/C19H22N2O3/c1-14-3-2-4-17(9-14)24-13-19(23)21-10-16(12-22)18(11-21)15-5-7-20-8-6-15/h2-9,16,18,22H,10-13H2,1H3/t16-,18-/m0/s1. The molecule has 0 bridgehead atoms. The third kappa shape index (κ3) is 3.74. The van der Waals surface area contributed by atoms with Crippen molar-refractivity contribution in [2.24, 2.45) is 5.92 Å². The van der Waals surface area contributed by atoms with Gasteiger partial charge in [0.15, 0.2) is 6.61 Å². The number of hydrogen-bond acceptors (Lipinski definition) is 4. The Bertz CT molecular complexity index is 690. The molecule has 1 aromatic heterocycles. The van der Waals surface area contributed by atoms with Crippen LogP contribution in [0.2, 0.25) is 0 Å². The van der Waals surface area contributed by atoms with E-state index in [2.05, 4.69) is 4.98 Å². The van der Waals surface area contributed by atoms with Crippen LogP contribution in [0.1, 0.15) is 17.0 Å². The van der Waals surface area contributed by atoms with E-state index in [4.69, 9.17) is 4.74 Å². The summed E-state index contributed by atoms with van der Waals surface area (Å²) < 4.78 is 5.61. The number of ether oxygens (including phenoxy) is 1. The maximum Gasteiger partial charge on any atom is 0.260 e. The first-order valence-corrected chi connectivity index (χ1v) is 8.15. The topological polar surface area (TPSA) is 62.7 Å². The van der Waals surface area contributed by atoms with Crippen molar-refractivity contribution in [2.45, 2.75) is 12.8 Å². The summed E-state index contributed by atoms with van der Waals surface area (Å²) in [7, 11) is 0. The molecule has 5 nitrogen and oxygen atoms in total. The van der Waals surface area contributed by atoms with E-state index in [1.54, 1.807) is 17.3 Å². The molecule has 1 aliphatic rings. The van der Waals surface area contributed by atoms with E-state index in [9.17, 15) is 9.90 Å². The maximum atomic E-state index is 12.4. The highest BCUT2D eigenvalue weighted by Crippen LogP contribution is 2.32. The van der Waals surface area contributed by atoms with Gasteiger partial charge in [0.05, 0.1) is 0 Å². The molecular weight excluding hydrogens is 304 g/mol. The summed E-state index contributed by atoms with van der Waals surface area (Å²) in [6.45, 7) is 3.23. The van der Waals surface area contributed by atoms with Crippen LogP contribution in [0.15, 0.2) is 48.8 Å². The number of carbonyl (C=O) groups is 1. The molecule has 24 heavy (non-hydrogen) atoms. The van der Waals surface area contributed by atoms with Gasteiger partial charge in [0.25, 0.3) is 5.91 Å². The number of aromatic nitrogens is 1. The zero-order valence-electron chi connectivity index (χ0n) is 13.8. The van der Waals surface area contributed by atoms with Gasteiger partial charge in [0, 0.05) is 43.9 Å². The fraction of sp³-hybridized carbons (Fsp3) is 0.368. The monoisotopic (exact) mass is 326 g/mol. The number of pyridine rings is 1. The van der Waals surface area contributed by atoms with E-state index in [1.807, 2.05) is 43.3 Å². The van der Waals surface area contributed by atoms with Crippen LogP contribution in [0, 0.1) is 12.8 Å². The van der Waals surface area contributed by atoms with Crippen molar-refractivity contribution >= 4 is 5.91 Å². The lowest BCUT2D eigenvalue weighted by molar-refractivity contribution is -0.132. The fourth-order valence-electron chi connectivity index (χ4n) is 3.19. The van der Waals surface area contributed by atoms with Crippen molar-refractivity contribution in [3.05, 3.63) is 59.9 Å². The highest BCUT2D eigenvalue weighted by Gasteiger charge is 2.35. The molecule has 5 heteroatoms. The Hall–Kier alpha value is -2.40. The van der Waals surface area contributed by atoms with E-state index in [0.717, 1.165) is 11.1 Å². The highest BCUT2D eigenvalue weighted by atomic mass is 16.5. The first kappa shape index (κ1) is 16.5. The third-order valence-electron chi connectivity index (χ3n) is 4.51. The highest BCUT2D eigenvalue weighted by molar-refractivity contribution is 5.78. The minimum absolute atomic E-state index is 0.0185. The Morgan fingerprint density at radius 3 is 2.79 bits per heavy atom. The lowest BCUT2D eigenvalue weighted by Crippen LogP contribution is -2.33. The number of aliphatic hydroxyl groups is 1. The Balaban J connectivity index is 1.61. The van der Waals surface area contributed by atoms with Crippen molar-refractivity contribution in [1.82, 2.24) is 9.88 Å². The number of amides is 1. The van der Waals surface area contributed by atoms with Gasteiger partial charge >= 0.3 is 0 Å². The molecule has 1 aliphatic heterocycles. The maximum absolute atomic E-state index is 12.4. The predicted octanol–water partition coefficient (Wildman–Crippen LogP) is 2.00. The first-order valence-electron chi connectivity index (χ1n) is 8.15. The second kappa shape index (κ2) is 7.45. The molecule has 2 atom stereocenters. The molecule has 2 heterocycles. The van der Waals surface area contributed by atoms with Crippen LogP contribution >= 0.6 is 0 Å². The molecule has 1 aromatic carbocycles. The lowest BCUT2D eigenvalue weighted by atomic mass is 9.90. The predicted molar refractivity (Wildman–Crippen MR) is 90.8 cm³/mol. The summed E-state index contributed by atoms with van der Waals surface area (Å²) in [6, 6.07) is 11.6. The molecule has 2 aromatic rings. The lowest BCUT2D eigenvalue weighted by Gasteiger charge is -2.17. The SMILES string of the molecule is Cc1cccc(OCC(=O)N2C[C@@H](CO)[C@H](c3ccncc3)C2)c1. The summed E-state index contributed by atoms with van der Waals surface area (Å²) in [5, 5.41) is 9.65. The average Bonchev–Trinajstić information content (AvgIpc) is 3.05. The zero-order chi connectivity index (χ0) is 16.9. The van der Waals surface area contributed by atoms with Gasteiger partial charge in [-0.15, -0.1) is 0 Å². The van der Waals surface area contributed by atoms with Crippen LogP contribution in [-0.4, -0.2) is 47.2 Å². The summed E-state index contributed by atoms with van der Waals surface area (Å²) in [4.78, 5) is 18.3. The number of hydrogen-bond donors (Lipinski definition) is 1. The smallest absolute Gasteiger partial charge is 0.260 e. The molecule has 1 amide bonds. The first-order chi connectivity index (χ1) is 11.7. The Morgan fingerprint density at radius 2 is 2.08 bits per heavy atom. The van der Waals surface area contributed by atoms with Crippen LogP contribution in [0.25, 0.3) is 0 Å². The van der Waals surface area contributed by atoms with Gasteiger partial charge in [-0.05, 0) is 42.3 Å². The van der Waals surface area contributed by atoms with E-state index in [1.165, 1.54) is 0 Å². The van der Waals surface area contributed by atoms with E-state index in [-0.39, 0.29) is 31.0 Å². The van der Waals surface area contributed by atoms with Gasteiger partial charge in [0.2, 0.25) is 0 Å². The molecule has 0 saturated carbocycles.